The Balaban J connectivity index is 1.08. The second kappa shape index (κ2) is 15.3. The largest absolute Gasteiger partial charge is 0.381 e. The summed E-state index contributed by atoms with van der Waals surface area (Å²) in [5, 5.41) is 14.6. The monoisotopic (exact) mass is 768 g/mol. The molecule has 10 rings (SSSR count). The van der Waals surface area contributed by atoms with Gasteiger partial charge in [0.1, 0.15) is 11.0 Å². The van der Waals surface area contributed by atoms with E-state index in [-0.39, 0.29) is 0 Å². The van der Waals surface area contributed by atoms with Crippen LogP contribution in [0.15, 0.2) is 206 Å². The van der Waals surface area contributed by atoms with Crippen LogP contribution in [0.1, 0.15) is 5.56 Å². The first-order chi connectivity index (χ1) is 28.7. The molecule has 0 fully saturated rings. The van der Waals surface area contributed by atoms with Crippen molar-refractivity contribution < 1.29 is 0 Å². The molecular formula is C51H37ClN6. The van der Waals surface area contributed by atoms with Crippen LogP contribution in [0.4, 0.5) is 39.8 Å². The molecule has 0 amide bonds. The van der Waals surface area contributed by atoms with Crippen LogP contribution in [0.5, 0.6) is 0 Å². The van der Waals surface area contributed by atoms with Gasteiger partial charge in [-0.25, -0.2) is 0 Å². The number of hydrogen-bond acceptors (Lipinski definition) is 5. The van der Waals surface area contributed by atoms with E-state index in [1.165, 1.54) is 0 Å². The maximum Gasteiger partial charge on any atom is 0.122 e. The number of hydrogen-bond donors (Lipinski definition) is 1. The molecule has 7 heteroatoms. The van der Waals surface area contributed by atoms with Gasteiger partial charge in [0.2, 0.25) is 0 Å². The first-order valence-corrected chi connectivity index (χ1v) is 19.7. The molecule has 0 aliphatic carbocycles. The van der Waals surface area contributed by atoms with E-state index in [1.807, 2.05) is 42.5 Å². The molecule has 0 unspecified atom stereocenters. The summed E-state index contributed by atoms with van der Waals surface area (Å²) in [7, 11) is 0. The average Bonchev–Trinajstić information content (AvgIpc) is 3.74. The zero-order valence-corrected chi connectivity index (χ0v) is 32.2. The summed E-state index contributed by atoms with van der Waals surface area (Å²) in [6.07, 6.45) is 2.13. The van der Waals surface area contributed by atoms with Crippen LogP contribution >= 0.6 is 11.6 Å². The third-order valence-electron chi connectivity index (χ3n) is 10.5. The van der Waals surface area contributed by atoms with E-state index in [0.29, 0.717) is 11.6 Å². The number of nitrogens with one attached hydrogen (secondary N) is 1. The standard InChI is InChI=1S/C51H37ClN6/c52-38-25-30-47-48(35-38)53-34-33-49(47)58-54-50-45(36-21-26-43(27-22-36)56(39-13-5-1-6-14-39)40-15-7-2-8-16-40)31-32-46(51(50)55-58)37-23-28-44(29-24-37)57(41-17-9-3-10-18-41)42-19-11-4-12-20-42/h1-33,35,53H,34H2. The first kappa shape index (κ1) is 35.0. The summed E-state index contributed by atoms with van der Waals surface area (Å²) in [5.41, 5.74) is 15.1. The van der Waals surface area contributed by atoms with E-state index in [2.05, 4.69) is 179 Å². The lowest BCUT2D eigenvalue weighted by Crippen LogP contribution is -2.13. The normalized spacial score (nSPS) is 12.1. The molecule has 278 valence electrons. The number of para-hydroxylation sites is 4. The van der Waals surface area contributed by atoms with Crippen molar-refractivity contribution in [3.63, 3.8) is 0 Å². The fraction of sp³-hybridized carbons (Fsp3) is 0.0196. The molecule has 6 nitrogen and oxygen atoms in total. The van der Waals surface area contributed by atoms with Crippen LogP contribution in [0.3, 0.4) is 0 Å². The van der Waals surface area contributed by atoms with Crippen LogP contribution < -0.4 is 15.1 Å². The van der Waals surface area contributed by atoms with Crippen molar-refractivity contribution in [1.29, 1.82) is 0 Å². The van der Waals surface area contributed by atoms with Crippen LogP contribution in [0.25, 0.3) is 39.0 Å². The van der Waals surface area contributed by atoms with E-state index in [4.69, 9.17) is 21.8 Å². The highest BCUT2D eigenvalue weighted by molar-refractivity contribution is 6.31. The molecule has 0 spiro atoms. The van der Waals surface area contributed by atoms with Gasteiger partial charge in [0.15, 0.2) is 0 Å². The number of aromatic nitrogens is 3. The molecule has 0 atom stereocenters. The Morgan fingerprint density at radius 2 is 0.810 bits per heavy atom. The van der Waals surface area contributed by atoms with Gasteiger partial charge in [-0.3, -0.25) is 0 Å². The van der Waals surface area contributed by atoms with Crippen LogP contribution in [-0.2, 0) is 0 Å². The van der Waals surface area contributed by atoms with Gasteiger partial charge in [-0.2, -0.15) is 0 Å². The molecule has 1 aliphatic rings. The van der Waals surface area contributed by atoms with Crippen LogP contribution in [-0.4, -0.2) is 21.5 Å². The lowest BCUT2D eigenvalue weighted by Gasteiger charge is -2.25. The number of rotatable bonds is 9. The molecule has 58 heavy (non-hydrogen) atoms. The predicted molar refractivity (Wildman–Crippen MR) is 241 cm³/mol. The highest BCUT2D eigenvalue weighted by Crippen LogP contribution is 2.41. The fourth-order valence-corrected chi connectivity index (χ4v) is 7.97. The van der Waals surface area contributed by atoms with Crippen molar-refractivity contribution in [2.45, 2.75) is 0 Å². The maximum absolute atomic E-state index is 6.41. The van der Waals surface area contributed by atoms with E-state index >= 15 is 0 Å². The molecule has 0 bridgehead atoms. The molecule has 9 aromatic rings. The molecule has 1 aromatic heterocycles. The molecule has 0 saturated heterocycles. The SMILES string of the molecule is Clc1ccc2c(c1)NCC=C2n1nc2c(-c3ccc(N(c4ccccc4)c4ccccc4)cc3)ccc(-c3ccc(N(c4ccccc4)c4ccccc4)cc3)c2n1. The maximum atomic E-state index is 6.41. The van der Waals surface area contributed by atoms with Gasteiger partial charge in [0, 0.05) is 68.1 Å². The van der Waals surface area contributed by atoms with Gasteiger partial charge in [-0.1, -0.05) is 121 Å². The predicted octanol–water partition coefficient (Wildman–Crippen LogP) is 13.7. The molecule has 0 radical (unpaired) electrons. The molecule has 8 aromatic carbocycles. The highest BCUT2D eigenvalue weighted by Gasteiger charge is 2.22. The molecule has 2 heterocycles. The Kier molecular flexibility index (Phi) is 9.22. The smallest absolute Gasteiger partial charge is 0.122 e. The van der Waals surface area contributed by atoms with E-state index in [9.17, 15) is 0 Å². The Bertz CT molecular complexity index is 2630. The second-order valence-corrected chi connectivity index (χ2v) is 14.6. The topological polar surface area (TPSA) is 49.2 Å². The molecule has 0 saturated carbocycles. The minimum Gasteiger partial charge on any atom is -0.381 e. The summed E-state index contributed by atoms with van der Waals surface area (Å²) in [4.78, 5) is 6.33. The minimum atomic E-state index is 0.641. The lowest BCUT2D eigenvalue weighted by atomic mass is 9.97. The molecule has 1 N–H and O–H groups in total. The van der Waals surface area contributed by atoms with Crippen molar-refractivity contribution in [1.82, 2.24) is 15.0 Å². The minimum absolute atomic E-state index is 0.641. The van der Waals surface area contributed by atoms with Crippen molar-refractivity contribution in [2.75, 3.05) is 21.7 Å². The summed E-state index contributed by atoms with van der Waals surface area (Å²) in [5.74, 6) is 0. The zero-order valence-electron chi connectivity index (χ0n) is 31.5. The quantitative estimate of drug-likeness (QED) is 0.158. The Morgan fingerprint density at radius 1 is 0.431 bits per heavy atom. The first-order valence-electron chi connectivity index (χ1n) is 19.3. The Labute approximate surface area is 342 Å². The van der Waals surface area contributed by atoms with Crippen molar-refractivity contribution in [3.8, 4) is 22.3 Å². The van der Waals surface area contributed by atoms with Gasteiger partial charge in [0.25, 0.3) is 0 Å². The van der Waals surface area contributed by atoms with Gasteiger partial charge in [-0.15, -0.1) is 15.0 Å². The van der Waals surface area contributed by atoms with Crippen LogP contribution in [0, 0.1) is 0 Å². The number of benzene rings is 8. The van der Waals surface area contributed by atoms with Gasteiger partial charge >= 0.3 is 0 Å². The van der Waals surface area contributed by atoms with Gasteiger partial charge < -0.3 is 15.1 Å². The summed E-state index contributed by atoms with van der Waals surface area (Å²) < 4.78 is 0. The summed E-state index contributed by atoms with van der Waals surface area (Å²) >= 11 is 6.41. The van der Waals surface area contributed by atoms with Crippen molar-refractivity contribution in [2.24, 2.45) is 0 Å². The van der Waals surface area contributed by atoms with Crippen molar-refractivity contribution in [3.05, 3.63) is 217 Å². The number of nitrogens with zero attached hydrogens (tertiary/aromatic N) is 5. The third-order valence-corrected chi connectivity index (χ3v) is 10.8. The van der Waals surface area contributed by atoms with Crippen LogP contribution in [0.2, 0.25) is 5.02 Å². The number of anilines is 7. The average molecular weight is 769 g/mol. The summed E-state index contributed by atoms with van der Waals surface area (Å²) in [6.45, 7) is 0.641. The Morgan fingerprint density at radius 3 is 1.22 bits per heavy atom. The van der Waals surface area contributed by atoms with E-state index in [1.54, 1.807) is 4.80 Å². The number of halogens is 1. The lowest BCUT2D eigenvalue weighted by molar-refractivity contribution is 0.783. The number of fused-ring (bicyclic) bond motifs is 2. The van der Waals surface area contributed by atoms with Crippen molar-refractivity contribution >= 4 is 68.1 Å². The van der Waals surface area contributed by atoms with E-state index < -0.39 is 0 Å². The summed E-state index contributed by atoms with van der Waals surface area (Å²) in [6, 6.07) is 69.5. The molecular weight excluding hydrogens is 732 g/mol. The van der Waals surface area contributed by atoms with E-state index in [0.717, 1.165) is 84.4 Å². The van der Waals surface area contributed by atoms with Gasteiger partial charge in [-0.05, 0) is 108 Å². The molecule has 1 aliphatic heterocycles. The highest BCUT2D eigenvalue weighted by atomic mass is 35.5. The van der Waals surface area contributed by atoms with Gasteiger partial charge in [0.05, 0.1) is 5.70 Å². The fourth-order valence-electron chi connectivity index (χ4n) is 7.79. The third kappa shape index (κ3) is 6.66. The second-order valence-electron chi connectivity index (χ2n) is 14.1. The zero-order chi connectivity index (χ0) is 38.8. The Hall–Kier alpha value is -7.41.